The number of carbonyl (C=O) groups excluding carboxylic acids is 1. The maximum atomic E-state index is 14.4. The molecule has 1 aromatic carbocycles. The van der Waals surface area contributed by atoms with Gasteiger partial charge in [-0.1, -0.05) is 11.6 Å². The molecular formula is C17H15ClF4N2O4. The summed E-state index contributed by atoms with van der Waals surface area (Å²) in [6.07, 6.45) is -5.03. The number of carbonyl (C=O) groups is 1. The molecule has 152 valence electrons. The first-order chi connectivity index (χ1) is 13.0. The largest absolute Gasteiger partial charge is 0.489 e. The normalized spacial score (nSPS) is 12.6. The number of rotatable bonds is 5. The average molecular weight is 423 g/mol. The minimum absolute atomic E-state index is 0.0589. The molecule has 1 atom stereocenters. The van der Waals surface area contributed by atoms with E-state index < -0.39 is 41.0 Å². The van der Waals surface area contributed by atoms with E-state index in [1.54, 1.807) is 0 Å². The van der Waals surface area contributed by atoms with Crippen molar-refractivity contribution in [1.29, 1.82) is 0 Å². The number of hydrogen-bond donors (Lipinski definition) is 0. The van der Waals surface area contributed by atoms with Gasteiger partial charge in [0, 0.05) is 18.8 Å². The molecule has 0 aliphatic rings. The van der Waals surface area contributed by atoms with Gasteiger partial charge in [0.05, 0.1) is 24.1 Å². The summed E-state index contributed by atoms with van der Waals surface area (Å²) in [6.45, 7) is 1.54. The number of esters is 1. The maximum absolute atomic E-state index is 14.4. The Kier molecular flexibility index (Phi) is 6.33. The van der Waals surface area contributed by atoms with Crippen LogP contribution in [-0.4, -0.2) is 28.7 Å². The fourth-order valence-electron chi connectivity index (χ4n) is 2.39. The molecule has 0 radical (unpaired) electrons. The Labute approximate surface area is 161 Å². The zero-order valence-electron chi connectivity index (χ0n) is 14.9. The summed E-state index contributed by atoms with van der Waals surface area (Å²) in [6, 6.07) is 1.92. The second kappa shape index (κ2) is 8.17. The molecule has 11 heteroatoms. The molecule has 1 aromatic heterocycles. The maximum Gasteiger partial charge on any atom is 0.449 e. The fourth-order valence-corrected chi connectivity index (χ4v) is 2.59. The molecule has 6 nitrogen and oxygen atoms in total. The predicted molar refractivity (Wildman–Crippen MR) is 91.6 cm³/mol. The van der Waals surface area contributed by atoms with Crippen molar-refractivity contribution in [2.24, 2.45) is 7.05 Å². The van der Waals surface area contributed by atoms with Crippen molar-refractivity contribution in [2.45, 2.75) is 25.6 Å². The van der Waals surface area contributed by atoms with Gasteiger partial charge in [0.2, 0.25) is 5.82 Å². The lowest BCUT2D eigenvalue weighted by molar-refractivity contribution is -0.147. The Morgan fingerprint density at radius 3 is 2.54 bits per heavy atom. The molecular weight excluding hydrogens is 408 g/mol. The average Bonchev–Trinajstić information content (AvgIpc) is 2.58. The summed E-state index contributed by atoms with van der Waals surface area (Å²) in [5.74, 6) is -2.97. The molecule has 0 saturated heterocycles. The van der Waals surface area contributed by atoms with Crippen LogP contribution in [0.25, 0.3) is 11.1 Å². The van der Waals surface area contributed by atoms with Crippen molar-refractivity contribution < 1.29 is 31.8 Å². The van der Waals surface area contributed by atoms with Crippen molar-refractivity contribution >= 4 is 17.6 Å². The van der Waals surface area contributed by atoms with E-state index in [0.717, 1.165) is 19.2 Å². The van der Waals surface area contributed by atoms with Crippen molar-refractivity contribution in [2.75, 3.05) is 7.11 Å². The van der Waals surface area contributed by atoms with Crippen LogP contribution in [0.3, 0.4) is 0 Å². The van der Waals surface area contributed by atoms with Crippen LogP contribution in [0.1, 0.15) is 19.2 Å². The Morgan fingerprint density at radius 1 is 1.32 bits per heavy atom. The molecule has 0 bridgehead atoms. The van der Waals surface area contributed by atoms with Gasteiger partial charge in [-0.05, 0) is 19.1 Å². The molecule has 0 N–H and O–H groups in total. The monoisotopic (exact) mass is 422 g/mol. The number of ether oxygens (including phenoxy) is 2. The molecule has 2 aromatic rings. The van der Waals surface area contributed by atoms with Gasteiger partial charge in [-0.2, -0.15) is 13.2 Å². The van der Waals surface area contributed by atoms with E-state index in [0.29, 0.717) is 6.20 Å². The van der Waals surface area contributed by atoms with Gasteiger partial charge in [-0.15, -0.1) is 0 Å². The number of nitrogens with zero attached hydrogens (tertiary/aromatic N) is 2. The van der Waals surface area contributed by atoms with Gasteiger partial charge in [-0.25, -0.2) is 9.37 Å². The number of halogens is 5. The predicted octanol–water partition coefficient (Wildman–Crippen LogP) is 3.59. The van der Waals surface area contributed by atoms with Crippen molar-refractivity contribution in [1.82, 2.24) is 9.55 Å². The highest BCUT2D eigenvalue weighted by Crippen LogP contribution is 2.33. The lowest BCUT2D eigenvalue weighted by Gasteiger charge is -2.17. The van der Waals surface area contributed by atoms with Crippen LogP contribution >= 0.6 is 11.6 Å². The minimum atomic E-state index is -4.84. The van der Waals surface area contributed by atoms with Gasteiger partial charge < -0.3 is 9.47 Å². The highest BCUT2D eigenvalue weighted by molar-refractivity contribution is 6.32. The summed E-state index contributed by atoms with van der Waals surface area (Å²) in [7, 11) is 2.08. The summed E-state index contributed by atoms with van der Waals surface area (Å²) in [5.41, 5.74) is -1.85. The quantitative estimate of drug-likeness (QED) is 0.544. The van der Waals surface area contributed by atoms with Gasteiger partial charge in [0.25, 0.3) is 5.56 Å². The van der Waals surface area contributed by atoms with Gasteiger partial charge >= 0.3 is 12.1 Å². The summed E-state index contributed by atoms with van der Waals surface area (Å²) in [5, 5.41) is -0.144. The lowest BCUT2D eigenvalue weighted by atomic mass is 10.1. The molecule has 28 heavy (non-hydrogen) atoms. The molecule has 0 fully saturated rings. The summed E-state index contributed by atoms with van der Waals surface area (Å²) < 4.78 is 63.2. The Morgan fingerprint density at radius 2 is 1.96 bits per heavy atom. The van der Waals surface area contributed by atoms with Crippen LogP contribution in [0, 0.1) is 5.82 Å². The van der Waals surface area contributed by atoms with Crippen LogP contribution in [0.15, 0.2) is 23.1 Å². The van der Waals surface area contributed by atoms with E-state index in [1.807, 2.05) is 0 Å². The molecule has 0 amide bonds. The second-order valence-corrected chi connectivity index (χ2v) is 6.24. The highest BCUT2D eigenvalue weighted by atomic mass is 35.5. The number of aromatic nitrogens is 2. The van der Waals surface area contributed by atoms with E-state index >= 15 is 0 Å². The van der Waals surface area contributed by atoms with Crippen LogP contribution in [0.5, 0.6) is 5.75 Å². The van der Waals surface area contributed by atoms with Crippen LogP contribution in [-0.2, 0) is 22.8 Å². The van der Waals surface area contributed by atoms with Crippen molar-refractivity contribution in [3.8, 4) is 16.9 Å². The third-order valence-electron chi connectivity index (χ3n) is 3.74. The van der Waals surface area contributed by atoms with E-state index in [4.69, 9.17) is 16.3 Å². The second-order valence-electron chi connectivity index (χ2n) is 5.83. The molecule has 1 unspecified atom stereocenters. The highest BCUT2D eigenvalue weighted by Gasteiger charge is 2.36. The Bertz CT molecular complexity index is 959. The molecule has 0 aliphatic heterocycles. The number of hydrogen-bond acceptors (Lipinski definition) is 5. The van der Waals surface area contributed by atoms with E-state index in [1.165, 1.54) is 14.0 Å². The minimum Gasteiger partial charge on any atom is -0.489 e. The van der Waals surface area contributed by atoms with Crippen LogP contribution < -0.4 is 10.3 Å². The van der Waals surface area contributed by atoms with Crippen molar-refractivity contribution in [3.63, 3.8) is 0 Å². The van der Waals surface area contributed by atoms with E-state index in [9.17, 15) is 27.2 Å². The Balaban J connectivity index is 2.49. The zero-order chi connectivity index (χ0) is 21.2. The third-order valence-corrected chi connectivity index (χ3v) is 4.04. The number of benzene rings is 1. The third kappa shape index (κ3) is 4.61. The first-order valence-corrected chi connectivity index (χ1v) is 8.19. The summed E-state index contributed by atoms with van der Waals surface area (Å²) >= 11 is 5.93. The molecule has 0 aliphatic carbocycles. The standard InChI is InChI=1S/C17H15ClF4N2O4/c1-8(4-14(25)27-3)28-13-5-9(12(19)6-11(13)18)10-7-23-16(17(20,21)22)24(2)15(10)26/h5-8H,4H2,1-3H3. The Hall–Kier alpha value is -2.62. The molecule has 0 saturated carbocycles. The first-order valence-electron chi connectivity index (χ1n) is 7.81. The molecule has 0 spiro atoms. The summed E-state index contributed by atoms with van der Waals surface area (Å²) in [4.78, 5) is 26.8. The lowest BCUT2D eigenvalue weighted by Crippen LogP contribution is -2.28. The van der Waals surface area contributed by atoms with E-state index in [-0.39, 0.29) is 27.3 Å². The smallest absolute Gasteiger partial charge is 0.449 e. The fraction of sp³-hybridized carbons (Fsp3) is 0.353. The van der Waals surface area contributed by atoms with Crippen molar-refractivity contribution in [3.05, 3.63) is 45.3 Å². The van der Waals surface area contributed by atoms with Gasteiger partial charge in [0.1, 0.15) is 17.7 Å². The van der Waals surface area contributed by atoms with Gasteiger partial charge in [-0.3, -0.25) is 14.2 Å². The van der Waals surface area contributed by atoms with Crippen LogP contribution in [0.4, 0.5) is 17.6 Å². The zero-order valence-corrected chi connectivity index (χ0v) is 15.7. The van der Waals surface area contributed by atoms with Crippen LogP contribution in [0.2, 0.25) is 5.02 Å². The molecule has 2 rings (SSSR count). The van der Waals surface area contributed by atoms with E-state index in [2.05, 4.69) is 9.72 Å². The number of alkyl halides is 3. The number of methoxy groups -OCH3 is 1. The SMILES string of the molecule is COC(=O)CC(C)Oc1cc(-c2cnc(C(F)(F)F)n(C)c2=O)c(F)cc1Cl. The van der Waals surface area contributed by atoms with Gasteiger partial charge in [0.15, 0.2) is 0 Å². The first kappa shape index (κ1) is 21.7. The topological polar surface area (TPSA) is 70.4 Å². The molecule has 1 heterocycles.